The summed E-state index contributed by atoms with van der Waals surface area (Å²) in [5, 5.41) is 6.34. The molecule has 1 amide bonds. The van der Waals surface area contributed by atoms with E-state index in [1.165, 1.54) is 74.8 Å². The van der Waals surface area contributed by atoms with Crippen molar-refractivity contribution in [3.63, 3.8) is 0 Å². The number of hydrogen-bond acceptors (Lipinski definition) is 4. The van der Waals surface area contributed by atoms with Gasteiger partial charge in [0.25, 0.3) is 0 Å². The summed E-state index contributed by atoms with van der Waals surface area (Å²) in [4.78, 5) is 25.2. The van der Waals surface area contributed by atoms with Crippen LogP contribution in [0.2, 0.25) is 0 Å². The molecule has 2 aromatic carbocycles. The number of carbonyl (C=O) groups excluding carboxylic acids is 2. The third kappa shape index (κ3) is 12.8. The van der Waals surface area contributed by atoms with Gasteiger partial charge in [-0.15, -0.1) is 0 Å². The maximum absolute atomic E-state index is 12.9. The standard InChI is InChI=1S/C35H48N2O3S.BrH/c1-4-5-6-7-8-9-10-11-12-13-14-15-24-40-35-31(17-16-18-33(35)28(2)38)26-34(39)36-32-21-19-30(20-22-32)27-37-23-25-41-29(37)3;/h16-23,25H,4-15,24,26-27H2,1-3H3;1H. The summed E-state index contributed by atoms with van der Waals surface area (Å²) in [6.07, 6.45) is 17.7. The van der Waals surface area contributed by atoms with Crippen molar-refractivity contribution in [2.24, 2.45) is 0 Å². The summed E-state index contributed by atoms with van der Waals surface area (Å²) in [5.41, 5.74) is 3.22. The van der Waals surface area contributed by atoms with Crippen LogP contribution in [0.5, 0.6) is 5.75 Å². The Morgan fingerprint density at radius 3 is 2.05 bits per heavy atom. The summed E-state index contributed by atoms with van der Waals surface area (Å²) in [6, 6.07) is 13.5. The second kappa shape index (κ2) is 20.4. The molecule has 7 heteroatoms. The highest BCUT2D eigenvalue weighted by molar-refractivity contribution is 7.09. The minimum absolute atomic E-state index is 0. The molecule has 3 rings (SSSR count). The minimum atomic E-state index is -0.128. The number of rotatable bonds is 20. The molecule has 0 saturated carbocycles. The topological polar surface area (TPSA) is 59.3 Å². The van der Waals surface area contributed by atoms with E-state index in [2.05, 4.69) is 35.3 Å². The van der Waals surface area contributed by atoms with Gasteiger partial charge in [-0.3, -0.25) is 9.59 Å². The molecule has 0 radical (unpaired) electrons. The fourth-order valence-corrected chi connectivity index (χ4v) is 5.76. The molecule has 230 valence electrons. The number of halogens is 1. The van der Waals surface area contributed by atoms with E-state index in [0.717, 1.165) is 30.6 Å². The quantitative estimate of drug-likeness (QED) is 0.0942. The number of anilines is 1. The molecular weight excluding hydrogens is 608 g/mol. The van der Waals surface area contributed by atoms with Crippen molar-refractivity contribution < 1.29 is 35.9 Å². The van der Waals surface area contributed by atoms with Crippen LogP contribution in [0.15, 0.2) is 54.0 Å². The molecule has 0 aliphatic heterocycles. The molecule has 0 spiro atoms. The number of thiazole rings is 1. The molecule has 3 aromatic rings. The Balaban J connectivity index is 0.00000616. The number of unbranched alkanes of at least 4 members (excludes halogenated alkanes) is 11. The van der Waals surface area contributed by atoms with Gasteiger partial charge in [-0.05, 0) is 31.5 Å². The Bertz CT molecular complexity index is 1210. The highest BCUT2D eigenvalue weighted by Crippen LogP contribution is 2.26. The Morgan fingerprint density at radius 2 is 1.48 bits per heavy atom. The SMILES string of the molecule is CCCCCCCCCCCCCCOc1c(CC(=O)Nc2ccc(C[n+]3ccsc3C)cc2)cccc1C(C)=O.[Br-]. The maximum Gasteiger partial charge on any atom is 0.234 e. The number of aryl methyl sites for hydroxylation is 1. The van der Waals surface area contributed by atoms with E-state index < -0.39 is 0 Å². The van der Waals surface area contributed by atoms with Crippen molar-refractivity contribution in [3.05, 3.63) is 75.7 Å². The number of nitrogens with zero attached hydrogens (tertiary/aromatic N) is 1. The fourth-order valence-electron chi connectivity index (χ4n) is 5.10. The van der Waals surface area contributed by atoms with Crippen LogP contribution in [-0.4, -0.2) is 18.3 Å². The van der Waals surface area contributed by atoms with Crippen molar-refractivity contribution in [2.75, 3.05) is 11.9 Å². The molecule has 0 atom stereocenters. The second-order valence-corrected chi connectivity index (χ2v) is 12.2. The van der Waals surface area contributed by atoms with Gasteiger partial charge < -0.3 is 27.0 Å². The number of carbonyl (C=O) groups is 2. The molecule has 5 nitrogen and oxygen atoms in total. The number of amides is 1. The van der Waals surface area contributed by atoms with E-state index >= 15 is 0 Å². The molecule has 0 aliphatic carbocycles. The molecule has 0 bridgehead atoms. The van der Waals surface area contributed by atoms with Crippen LogP contribution in [0, 0.1) is 6.92 Å². The molecular formula is C35H49BrN2O3S. The van der Waals surface area contributed by atoms with E-state index in [0.29, 0.717) is 17.9 Å². The van der Waals surface area contributed by atoms with E-state index in [-0.39, 0.29) is 35.1 Å². The van der Waals surface area contributed by atoms with Crippen molar-refractivity contribution in [1.29, 1.82) is 0 Å². The van der Waals surface area contributed by atoms with Gasteiger partial charge in [-0.2, -0.15) is 4.57 Å². The summed E-state index contributed by atoms with van der Waals surface area (Å²) >= 11 is 1.73. The molecule has 42 heavy (non-hydrogen) atoms. The second-order valence-electron chi connectivity index (χ2n) is 11.1. The average Bonchev–Trinajstić information content (AvgIpc) is 3.36. The molecule has 0 unspecified atom stereocenters. The first-order chi connectivity index (χ1) is 20.0. The van der Waals surface area contributed by atoms with E-state index in [1.54, 1.807) is 24.3 Å². The predicted molar refractivity (Wildman–Crippen MR) is 170 cm³/mol. The van der Waals surface area contributed by atoms with Crippen molar-refractivity contribution >= 4 is 28.7 Å². The molecule has 0 aliphatic rings. The van der Waals surface area contributed by atoms with Gasteiger partial charge in [-0.1, -0.05) is 113 Å². The first-order valence-corrected chi connectivity index (χ1v) is 16.4. The minimum Gasteiger partial charge on any atom is -1.00 e. The molecule has 1 heterocycles. The van der Waals surface area contributed by atoms with Crippen LogP contribution >= 0.6 is 11.3 Å². The third-order valence-electron chi connectivity index (χ3n) is 7.55. The highest BCUT2D eigenvalue weighted by Gasteiger charge is 2.16. The first kappa shape index (κ1) is 35.7. The number of nitrogens with one attached hydrogen (secondary N) is 1. The third-order valence-corrected chi connectivity index (χ3v) is 8.38. The van der Waals surface area contributed by atoms with Gasteiger partial charge in [0, 0.05) is 23.7 Å². The lowest BCUT2D eigenvalue weighted by molar-refractivity contribution is -0.689. The molecule has 0 fully saturated rings. The fraction of sp³-hybridized carbons (Fsp3) is 0.514. The summed E-state index contributed by atoms with van der Waals surface area (Å²) in [7, 11) is 0. The zero-order chi connectivity index (χ0) is 29.3. The average molecular weight is 658 g/mol. The number of ketones is 1. The molecule has 0 saturated heterocycles. The van der Waals surface area contributed by atoms with Crippen molar-refractivity contribution in [2.45, 2.75) is 111 Å². The van der Waals surface area contributed by atoms with Gasteiger partial charge in [0.2, 0.25) is 10.9 Å². The highest BCUT2D eigenvalue weighted by atomic mass is 79.9. The Kier molecular flexibility index (Phi) is 17.3. The molecule has 1 N–H and O–H groups in total. The summed E-state index contributed by atoms with van der Waals surface area (Å²) in [6.45, 7) is 7.28. The summed E-state index contributed by atoms with van der Waals surface area (Å²) < 4.78 is 8.35. The lowest BCUT2D eigenvalue weighted by atomic mass is 10.0. The molecule has 1 aromatic heterocycles. The van der Waals surface area contributed by atoms with Gasteiger partial charge in [0.1, 0.15) is 5.75 Å². The van der Waals surface area contributed by atoms with Gasteiger partial charge >= 0.3 is 0 Å². The van der Waals surface area contributed by atoms with Crippen LogP contribution in [0.25, 0.3) is 0 Å². The monoisotopic (exact) mass is 656 g/mol. The first-order valence-electron chi connectivity index (χ1n) is 15.6. The summed E-state index contributed by atoms with van der Waals surface area (Å²) in [5.74, 6) is 0.375. The van der Waals surface area contributed by atoms with E-state index in [1.807, 2.05) is 36.4 Å². The number of para-hydroxylation sites is 1. The van der Waals surface area contributed by atoms with Crippen LogP contribution in [0.1, 0.15) is 117 Å². The normalized spacial score (nSPS) is 10.7. The largest absolute Gasteiger partial charge is 1.00 e. The van der Waals surface area contributed by atoms with E-state index in [9.17, 15) is 9.59 Å². The van der Waals surface area contributed by atoms with Crippen LogP contribution in [0.3, 0.4) is 0 Å². The maximum atomic E-state index is 12.9. The van der Waals surface area contributed by atoms with E-state index in [4.69, 9.17) is 4.74 Å². The smallest absolute Gasteiger partial charge is 0.234 e. The lowest BCUT2D eigenvalue weighted by Gasteiger charge is -2.15. The van der Waals surface area contributed by atoms with Crippen molar-refractivity contribution in [3.8, 4) is 5.75 Å². The van der Waals surface area contributed by atoms with Gasteiger partial charge in [-0.25, -0.2) is 0 Å². The Labute approximate surface area is 267 Å². The number of ether oxygens (including phenoxy) is 1. The van der Waals surface area contributed by atoms with Gasteiger partial charge in [0.15, 0.2) is 18.5 Å². The zero-order valence-electron chi connectivity index (χ0n) is 25.8. The zero-order valence-corrected chi connectivity index (χ0v) is 28.2. The van der Waals surface area contributed by atoms with Crippen molar-refractivity contribution in [1.82, 2.24) is 0 Å². The number of aromatic nitrogens is 1. The number of Topliss-reactive ketones (excluding diaryl/α,β-unsaturated/α-hetero) is 1. The van der Waals surface area contributed by atoms with Crippen LogP contribution in [0.4, 0.5) is 5.69 Å². The van der Waals surface area contributed by atoms with Gasteiger partial charge in [0.05, 0.1) is 24.0 Å². The number of hydrogen-bond donors (Lipinski definition) is 1. The predicted octanol–water partition coefficient (Wildman–Crippen LogP) is 5.86. The Hall–Kier alpha value is -2.51. The number of benzene rings is 2. The lowest BCUT2D eigenvalue weighted by Crippen LogP contribution is -3.00. The Morgan fingerprint density at radius 1 is 0.857 bits per heavy atom. The van der Waals surface area contributed by atoms with Crippen LogP contribution in [-0.2, 0) is 17.8 Å². The van der Waals surface area contributed by atoms with Crippen LogP contribution < -0.4 is 31.6 Å².